The van der Waals surface area contributed by atoms with Gasteiger partial charge < -0.3 is 10.6 Å². The van der Waals surface area contributed by atoms with Crippen molar-refractivity contribution in [3.8, 4) is 0 Å². The third kappa shape index (κ3) is 6.05. The number of piperidine rings is 1. The topological polar surface area (TPSA) is 41.1 Å². The van der Waals surface area contributed by atoms with Crippen molar-refractivity contribution in [3.63, 3.8) is 0 Å². The molecule has 2 atom stereocenters. The molecule has 1 amide bonds. The fourth-order valence-electron chi connectivity index (χ4n) is 2.34. The molecule has 0 aliphatic carbocycles. The van der Waals surface area contributed by atoms with E-state index in [0.29, 0.717) is 18.3 Å². The van der Waals surface area contributed by atoms with E-state index in [4.69, 9.17) is 0 Å². The molecule has 0 spiro atoms. The van der Waals surface area contributed by atoms with Crippen LogP contribution >= 0.6 is 12.4 Å². The zero-order valence-electron chi connectivity index (χ0n) is 12.2. The van der Waals surface area contributed by atoms with E-state index in [9.17, 15) is 4.79 Å². The summed E-state index contributed by atoms with van der Waals surface area (Å²) >= 11 is 0. The SMILES string of the molecule is CCC(C)(C)NC(=O)CC(C)C1CCCNC1.Cl. The highest BCUT2D eigenvalue weighted by atomic mass is 35.5. The molecule has 1 heterocycles. The molecule has 2 N–H and O–H groups in total. The fraction of sp³-hybridized carbons (Fsp3) is 0.929. The first kappa shape index (κ1) is 17.7. The molecule has 1 fully saturated rings. The fourth-order valence-corrected chi connectivity index (χ4v) is 2.34. The van der Waals surface area contributed by atoms with Crippen molar-refractivity contribution in [2.24, 2.45) is 11.8 Å². The lowest BCUT2D eigenvalue weighted by Crippen LogP contribution is -2.44. The van der Waals surface area contributed by atoms with E-state index in [2.05, 4.69) is 38.3 Å². The molecule has 3 nitrogen and oxygen atoms in total. The van der Waals surface area contributed by atoms with E-state index in [1.165, 1.54) is 12.8 Å². The summed E-state index contributed by atoms with van der Waals surface area (Å²) in [5, 5.41) is 6.53. The average Bonchev–Trinajstić information content (AvgIpc) is 2.29. The number of hydrogen-bond donors (Lipinski definition) is 2. The van der Waals surface area contributed by atoms with Crippen LogP contribution in [0.15, 0.2) is 0 Å². The van der Waals surface area contributed by atoms with Crippen molar-refractivity contribution >= 4 is 18.3 Å². The summed E-state index contributed by atoms with van der Waals surface area (Å²) in [6.45, 7) is 10.7. The summed E-state index contributed by atoms with van der Waals surface area (Å²) in [5.41, 5.74) is -0.0678. The Kier molecular flexibility index (Phi) is 7.88. The molecule has 0 bridgehead atoms. The number of amides is 1. The van der Waals surface area contributed by atoms with Crippen molar-refractivity contribution in [2.45, 2.75) is 58.9 Å². The molecule has 0 saturated carbocycles. The summed E-state index contributed by atoms with van der Waals surface area (Å²) in [7, 11) is 0. The first-order chi connectivity index (χ1) is 7.94. The number of rotatable bonds is 5. The van der Waals surface area contributed by atoms with Gasteiger partial charge in [-0.25, -0.2) is 0 Å². The lowest BCUT2D eigenvalue weighted by Gasteiger charge is -2.30. The van der Waals surface area contributed by atoms with Crippen LogP contribution in [-0.4, -0.2) is 24.5 Å². The number of hydrogen-bond acceptors (Lipinski definition) is 2. The smallest absolute Gasteiger partial charge is 0.220 e. The van der Waals surface area contributed by atoms with E-state index in [-0.39, 0.29) is 23.9 Å². The maximum absolute atomic E-state index is 11.9. The standard InChI is InChI=1S/C14H28N2O.ClH/c1-5-14(3,4)16-13(17)9-11(2)12-7-6-8-15-10-12;/h11-12,15H,5-10H2,1-4H3,(H,16,17);1H. The second kappa shape index (κ2) is 8.00. The quantitative estimate of drug-likeness (QED) is 0.811. The molecular formula is C14H29ClN2O. The zero-order valence-corrected chi connectivity index (χ0v) is 13.0. The highest BCUT2D eigenvalue weighted by molar-refractivity contribution is 5.85. The first-order valence-corrected chi connectivity index (χ1v) is 6.96. The summed E-state index contributed by atoms with van der Waals surface area (Å²) in [6, 6.07) is 0. The summed E-state index contributed by atoms with van der Waals surface area (Å²) in [6.07, 6.45) is 4.14. The second-order valence-electron chi connectivity index (χ2n) is 6.07. The van der Waals surface area contributed by atoms with Gasteiger partial charge in [-0.1, -0.05) is 13.8 Å². The van der Waals surface area contributed by atoms with E-state index < -0.39 is 0 Å². The Hall–Kier alpha value is -0.280. The molecule has 1 rings (SSSR count). The minimum Gasteiger partial charge on any atom is -0.351 e. The Labute approximate surface area is 118 Å². The molecule has 0 radical (unpaired) electrons. The van der Waals surface area contributed by atoms with Crippen LogP contribution in [0.5, 0.6) is 0 Å². The summed E-state index contributed by atoms with van der Waals surface area (Å²) in [5.74, 6) is 1.35. The van der Waals surface area contributed by atoms with Gasteiger partial charge in [-0.3, -0.25) is 4.79 Å². The van der Waals surface area contributed by atoms with Crippen LogP contribution in [0.2, 0.25) is 0 Å². The molecule has 1 aliphatic heterocycles. The van der Waals surface area contributed by atoms with Gasteiger partial charge in [0.05, 0.1) is 0 Å². The number of halogens is 1. The predicted octanol–water partition coefficient (Wildman–Crippen LogP) is 2.74. The monoisotopic (exact) mass is 276 g/mol. The molecule has 0 aromatic rings. The Morgan fingerprint density at radius 3 is 2.67 bits per heavy atom. The Bertz CT molecular complexity index is 250. The van der Waals surface area contributed by atoms with E-state index >= 15 is 0 Å². The van der Waals surface area contributed by atoms with Crippen molar-refractivity contribution in [3.05, 3.63) is 0 Å². The van der Waals surface area contributed by atoms with Crippen LogP contribution in [-0.2, 0) is 4.79 Å². The molecule has 18 heavy (non-hydrogen) atoms. The lowest BCUT2D eigenvalue weighted by atomic mass is 9.85. The van der Waals surface area contributed by atoms with Crippen LogP contribution in [0.1, 0.15) is 53.4 Å². The van der Waals surface area contributed by atoms with Crippen LogP contribution < -0.4 is 10.6 Å². The molecule has 108 valence electrons. The highest BCUT2D eigenvalue weighted by Crippen LogP contribution is 2.22. The van der Waals surface area contributed by atoms with Crippen molar-refractivity contribution < 1.29 is 4.79 Å². The Balaban J connectivity index is 0.00000289. The number of nitrogens with one attached hydrogen (secondary N) is 2. The van der Waals surface area contributed by atoms with Crippen molar-refractivity contribution in [1.29, 1.82) is 0 Å². The molecule has 4 heteroatoms. The minimum atomic E-state index is -0.0678. The maximum atomic E-state index is 11.9. The molecule has 1 aliphatic rings. The van der Waals surface area contributed by atoms with Crippen LogP contribution in [0, 0.1) is 11.8 Å². The van der Waals surface area contributed by atoms with E-state index in [1.54, 1.807) is 0 Å². The second-order valence-corrected chi connectivity index (χ2v) is 6.07. The van der Waals surface area contributed by atoms with Crippen LogP contribution in [0.25, 0.3) is 0 Å². The van der Waals surface area contributed by atoms with Gasteiger partial charge in [0.2, 0.25) is 5.91 Å². The van der Waals surface area contributed by atoms with Gasteiger partial charge >= 0.3 is 0 Å². The van der Waals surface area contributed by atoms with Gasteiger partial charge in [0, 0.05) is 12.0 Å². The molecule has 2 unspecified atom stereocenters. The Morgan fingerprint density at radius 2 is 2.17 bits per heavy atom. The van der Waals surface area contributed by atoms with Crippen molar-refractivity contribution in [2.75, 3.05) is 13.1 Å². The van der Waals surface area contributed by atoms with Crippen LogP contribution in [0.4, 0.5) is 0 Å². The normalized spacial score (nSPS) is 21.9. The van der Waals surface area contributed by atoms with Crippen molar-refractivity contribution in [1.82, 2.24) is 10.6 Å². The maximum Gasteiger partial charge on any atom is 0.220 e. The number of carbonyl (C=O) groups excluding carboxylic acids is 1. The third-order valence-corrected chi connectivity index (χ3v) is 4.01. The first-order valence-electron chi connectivity index (χ1n) is 6.96. The van der Waals surface area contributed by atoms with Crippen LogP contribution in [0.3, 0.4) is 0 Å². The largest absolute Gasteiger partial charge is 0.351 e. The van der Waals surface area contributed by atoms with Gasteiger partial charge in [0.15, 0.2) is 0 Å². The average molecular weight is 277 g/mol. The molecule has 0 aromatic carbocycles. The molecule has 0 aromatic heterocycles. The Morgan fingerprint density at radius 1 is 1.50 bits per heavy atom. The summed E-state index contributed by atoms with van der Waals surface area (Å²) in [4.78, 5) is 11.9. The van der Waals surface area contributed by atoms with E-state index in [0.717, 1.165) is 19.5 Å². The predicted molar refractivity (Wildman–Crippen MR) is 79.1 cm³/mol. The lowest BCUT2D eigenvalue weighted by molar-refractivity contribution is -0.124. The minimum absolute atomic E-state index is 0. The highest BCUT2D eigenvalue weighted by Gasteiger charge is 2.24. The molecule has 1 saturated heterocycles. The third-order valence-electron chi connectivity index (χ3n) is 4.01. The number of carbonyl (C=O) groups is 1. The van der Waals surface area contributed by atoms with Gasteiger partial charge in [0.25, 0.3) is 0 Å². The van der Waals surface area contributed by atoms with Gasteiger partial charge in [-0.05, 0) is 58.0 Å². The van der Waals surface area contributed by atoms with Gasteiger partial charge in [-0.15, -0.1) is 12.4 Å². The zero-order chi connectivity index (χ0) is 12.9. The summed E-state index contributed by atoms with van der Waals surface area (Å²) < 4.78 is 0. The van der Waals surface area contributed by atoms with Gasteiger partial charge in [0.1, 0.15) is 0 Å². The van der Waals surface area contributed by atoms with Gasteiger partial charge in [-0.2, -0.15) is 0 Å². The molecular weight excluding hydrogens is 248 g/mol. The van der Waals surface area contributed by atoms with E-state index in [1.807, 2.05) is 0 Å².